The van der Waals surface area contributed by atoms with Crippen LogP contribution < -0.4 is 11.1 Å². The van der Waals surface area contributed by atoms with Crippen LogP contribution in [0.15, 0.2) is 66.9 Å². The number of aromatic nitrogens is 3. The molecule has 1 aliphatic heterocycles. The molecule has 166 valence electrons. The summed E-state index contributed by atoms with van der Waals surface area (Å²) in [5.74, 6) is 0.978. The van der Waals surface area contributed by atoms with Gasteiger partial charge in [0.05, 0.1) is 5.69 Å². The summed E-state index contributed by atoms with van der Waals surface area (Å²) >= 11 is 0. The van der Waals surface area contributed by atoms with Crippen molar-refractivity contribution < 1.29 is 4.79 Å². The molecule has 3 N–H and O–H groups in total. The van der Waals surface area contributed by atoms with Crippen LogP contribution in [0.5, 0.6) is 0 Å². The van der Waals surface area contributed by atoms with E-state index in [2.05, 4.69) is 69.7 Å². The lowest BCUT2D eigenvalue weighted by Gasteiger charge is -2.10. The lowest BCUT2D eigenvalue weighted by molar-refractivity contribution is 0.0995. The first-order valence-corrected chi connectivity index (χ1v) is 11.5. The molecule has 1 fully saturated rings. The number of benzene rings is 2. The predicted molar refractivity (Wildman–Crippen MR) is 130 cm³/mol. The minimum atomic E-state index is -0.515. The molecular formula is C27H27N5O. The number of nitrogens with two attached hydrogens (primary N) is 1. The standard InChI is InChI=1S/C27H27N5O/c1-17-10-25(27(28)33)30-32(17)24-6-7-26-20(13-24)8-9-31(26)16-18-2-4-19(5-3-18)21-11-22-14-29-15-23(22)12-21/h2-11,13,22-23,29H,12,14-16H2,1H3,(H2,28,33)/t22-,23+/m1/s1. The van der Waals surface area contributed by atoms with E-state index in [4.69, 9.17) is 5.73 Å². The van der Waals surface area contributed by atoms with Crippen LogP contribution in [-0.4, -0.2) is 33.3 Å². The van der Waals surface area contributed by atoms with Crippen LogP contribution in [0.1, 0.15) is 33.7 Å². The van der Waals surface area contributed by atoms with Crippen molar-refractivity contribution in [3.63, 3.8) is 0 Å². The Morgan fingerprint density at radius 3 is 2.73 bits per heavy atom. The average Bonchev–Trinajstić information content (AvgIpc) is 3.57. The maximum absolute atomic E-state index is 11.5. The molecular weight excluding hydrogens is 410 g/mol. The van der Waals surface area contributed by atoms with Gasteiger partial charge in [-0.2, -0.15) is 5.10 Å². The van der Waals surface area contributed by atoms with E-state index >= 15 is 0 Å². The van der Waals surface area contributed by atoms with Crippen LogP contribution >= 0.6 is 0 Å². The number of carbonyl (C=O) groups is 1. The van der Waals surface area contributed by atoms with Crippen molar-refractivity contribution >= 4 is 22.4 Å². The number of nitrogens with zero attached hydrogens (tertiary/aromatic N) is 3. The third-order valence-electron chi connectivity index (χ3n) is 7.11. The Hall–Kier alpha value is -3.64. The highest BCUT2D eigenvalue weighted by atomic mass is 16.1. The molecule has 0 radical (unpaired) electrons. The molecule has 2 aromatic carbocycles. The first-order valence-electron chi connectivity index (χ1n) is 11.5. The third kappa shape index (κ3) is 3.56. The number of nitrogens with one attached hydrogen (secondary N) is 1. The number of aryl methyl sites for hydroxylation is 1. The molecule has 6 nitrogen and oxygen atoms in total. The molecule has 6 heteroatoms. The van der Waals surface area contributed by atoms with Gasteiger partial charge in [-0.1, -0.05) is 30.3 Å². The zero-order chi connectivity index (χ0) is 22.5. The molecule has 2 aromatic heterocycles. The number of primary amides is 1. The predicted octanol–water partition coefficient (Wildman–Crippen LogP) is 3.91. The van der Waals surface area contributed by atoms with Crippen LogP contribution in [0.2, 0.25) is 0 Å². The Bertz CT molecular complexity index is 1390. The van der Waals surface area contributed by atoms with E-state index in [1.165, 1.54) is 28.6 Å². The third-order valence-corrected chi connectivity index (χ3v) is 7.11. The number of allylic oxidation sites excluding steroid dienone is 1. The fourth-order valence-electron chi connectivity index (χ4n) is 5.33. The minimum absolute atomic E-state index is 0.279. The van der Waals surface area contributed by atoms with Gasteiger partial charge in [0.2, 0.25) is 0 Å². The van der Waals surface area contributed by atoms with Crippen molar-refractivity contribution in [2.24, 2.45) is 17.6 Å². The largest absolute Gasteiger partial charge is 0.364 e. The summed E-state index contributed by atoms with van der Waals surface area (Å²) in [6, 6.07) is 19.1. The van der Waals surface area contributed by atoms with Crippen LogP contribution in [-0.2, 0) is 6.54 Å². The van der Waals surface area contributed by atoms with E-state index in [1.54, 1.807) is 10.7 Å². The highest BCUT2D eigenvalue weighted by Crippen LogP contribution is 2.38. The lowest BCUT2D eigenvalue weighted by Crippen LogP contribution is -2.12. The number of carbonyl (C=O) groups excluding carboxylic acids is 1. The summed E-state index contributed by atoms with van der Waals surface area (Å²) in [6.07, 6.45) is 5.80. The van der Waals surface area contributed by atoms with Crippen molar-refractivity contribution in [1.29, 1.82) is 0 Å². The topological polar surface area (TPSA) is 77.9 Å². The van der Waals surface area contributed by atoms with Gasteiger partial charge in [-0.05, 0) is 78.8 Å². The summed E-state index contributed by atoms with van der Waals surface area (Å²) in [4.78, 5) is 11.5. The van der Waals surface area contributed by atoms with Crippen molar-refractivity contribution in [2.75, 3.05) is 13.1 Å². The Kier molecular flexibility index (Phi) is 4.69. The van der Waals surface area contributed by atoms with Crippen molar-refractivity contribution in [3.05, 3.63) is 89.4 Å². The Morgan fingerprint density at radius 2 is 1.97 bits per heavy atom. The Labute approximate surface area is 192 Å². The summed E-state index contributed by atoms with van der Waals surface area (Å²) in [5, 5.41) is 8.98. The number of amides is 1. The van der Waals surface area contributed by atoms with E-state index in [-0.39, 0.29) is 5.69 Å². The van der Waals surface area contributed by atoms with Gasteiger partial charge in [-0.25, -0.2) is 4.68 Å². The molecule has 0 bridgehead atoms. The molecule has 1 saturated heterocycles. The molecule has 0 spiro atoms. The summed E-state index contributed by atoms with van der Waals surface area (Å²) in [5.41, 5.74) is 12.8. The Balaban J connectivity index is 1.22. The molecule has 0 saturated carbocycles. The highest BCUT2D eigenvalue weighted by molar-refractivity contribution is 5.91. The normalized spacial score (nSPS) is 19.7. The smallest absolute Gasteiger partial charge is 0.269 e. The van der Waals surface area contributed by atoms with Gasteiger partial charge in [-0.3, -0.25) is 4.79 Å². The molecule has 4 aromatic rings. The fourth-order valence-corrected chi connectivity index (χ4v) is 5.33. The van der Waals surface area contributed by atoms with Gasteiger partial charge in [-0.15, -0.1) is 0 Å². The molecule has 6 rings (SSSR count). The number of fused-ring (bicyclic) bond motifs is 2. The van der Waals surface area contributed by atoms with Gasteiger partial charge < -0.3 is 15.6 Å². The average molecular weight is 438 g/mol. The van der Waals surface area contributed by atoms with Gasteiger partial charge in [0.15, 0.2) is 5.69 Å². The van der Waals surface area contributed by atoms with Crippen LogP contribution in [0.25, 0.3) is 22.2 Å². The quantitative estimate of drug-likeness (QED) is 0.497. The second kappa shape index (κ2) is 7.74. The summed E-state index contributed by atoms with van der Waals surface area (Å²) in [7, 11) is 0. The molecule has 0 unspecified atom stereocenters. The first-order chi connectivity index (χ1) is 16.0. The molecule has 1 aliphatic carbocycles. The lowest BCUT2D eigenvalue weighted by atomic mass is 9.98. The van der Waals surface area contributed by atoms with E-state index in [0.717, 1.165) is 42.3 Å². The second-order valence-corrected chi connectivity index (χ2v) is 9.31. The van der Waals surface area contributed by atoms with Crippen molar-refractivity contribution in [1.82, 2.24) is 19.7 Å². The van der Waals surface area contributed by atoms with Gasteiger partial charge >= 0.3 is 0 Å². The molecule has 3 heterocycles. The van der Waals surface area contributed by atoms with Crippen molar-refractivity contribution in [2.45, 2.75) is 19.9 Å². The van der Waals surface area contributed by atoms with Crippen LogP contribution in [0, 0.1) is 18.8 Å². The first kappa shape index (κ1) is 20.0. The van der Waals surface area contributed by atoms with Gasteiger partial charge in [0, 0.05) is 35.9 Å². The summed E-state index contributed by atoms with van der Waals surface area (Å²) in [6.45, 7) is 5.02. The number of rotatable bonds is 5. The zero-order valence-corrected chi connectivity index (χ0v) is 18.7. The maximum atomic E-state index is 11.5. The fraction of sp³-hybridized carbons (Fsp3) is 0.259. The van der Waals surface area contributed by atoms with E-state index in [1.807, 2.05) is 13.0 Å². The summed E-state index contributed by atoms with van der Waals surface area (Å²) < 4.78 is 4.03. The molecule has 1 amide bonds. The monoisotopic (exact) mass is 437 g/mol. The van der Waals surface area contributed by atoms with Gasteiger partial charge in [0.25, 0.3) is 5.91 Å². The van der Waals surface area contributed by atoms with E-state index in [9.17, 15) is 4.79 Å². The van der Waals surface area contributed by atoms with Crippen LogP contribution in [0.3, 0.4) is 0 Å². The van der Waals surface area contributed by atoms with E-state index in [0.29, 0.717) is 5.92 Å². The zero-order valence-electron chi connectivity index (χ0n) is 18.7. The molecule has 33 heavy (non-hydrogen) atoms. The number of hydrogen-bond acceptors (Lipinski definition) is 3. The highest BCUT2D eigenvalue weighted by Gasteiger charge is 2.31. The van der Waals surface area contributed by atoms with Gasteiger partial charge in [0.1, 0.15) is 0 Å². The number of hydrogen-bond donors (Lipinski definition) is 2. The van der Waals surface area contributed by atoms with Crippen LogP contribution in [0.4, 0.5) is 0 Å². The SMILES string of the molecule is Cc1cc(C(N)=O)nn1-c1ccc2c(ccn2Cc2ccc(C3=C[C@@H]4CNC[C@@H]4C3)cc2)c1. The molecule has 2 aliphatic rings. The maximum Gasteiger partial charge on any atom is 0.269 e. The van der Waals surface area contributed by atoms with Crippen molar-refractivity contribution in [3.8, 4) is 5.69 Å². The second-order valence-electron chi connectivity index (χ2n) is 9.31. The van der Waals surface area contributed by atoms with E-state index < -0.39 is 5.91 Å². The molecule has 2 atom stereocenters. The Morgan fingerprint density at radius 1 is 1.12 bits per heavy atom. The minimum Gasteiger partial charge on any atom is -0.364 e.